The first kappa shape index (κ1) is 14.9. The van der Waals surface area contributed by atoms with Crippen molar-refractivity contribution in [3.05, 3.63) is 90.1 Å². The van der Waals surface area contributed by atoms with Crippen LogP contribution >= 0.6 is 0 Å². The van der Waals surface area contributed by atoms with Crippen molar-refractivity contribution < 1.29 is 4.57 Å². The van der Waals surface area contributed by atoms with Crippen LogP contribution in [0.3, 0.4) is 0 Å². The number of pyridine rings is 1. The van der Waals surface area contributed by atoms with Gasteiger partial charge < -0.3 is 4.98 Å². The second kappa shape index (κ2) is 5.85. The number of benzene rings is 3. The molecule has 0 aliphatic carbocycles. The Morgan fingerprint density at radius 3 is 2.42 bits per heavy atom. The van der Waals surface area contributed by atoms with Crippen molar-refractivity contribution in [1.82, 2.24) is 4.98 Å². The van der Waals surface area contributed by atoms with Crippen molar-refractivity contribution in [2.24, 2.45) is 7.05 Å². The van der Waals surface area contributed by atoms with Gasteiger partial charge in [-0.15, -0.1) is 0 Å². The molecule has 2 heteroatoms. The molecule has 0 radical (unpaired) electrons. The molecule has 2 aromatic heterocycles. The Labute approximate surface area is 152 Å². The maximum Gasteiger partial charge on any atom is 0.212 e. The van der Waals surface area contributed by atoms with Crippen LogP contribution in [0.4, 0.5) is 0 Å². The number of aryl methyl sites for hydroxylation is 1. The molecule has 124 valence electrons. The van der Waals surface area contributed by atoms with E-state index in [1.54, 1.807) is 0 Å². The third-order valence-electron chi connectivity index (χ3n) is 5.06. The monoisotopic (exact) mass is 335 g/mol. The Balaban J connectivity index is 1.61. The van der Waals surface area contributed by atoms with E-state index in [0.717, 1.165) is 0 Å². The predicted octanol–water partition coefficient (Wildman–Crippen LogP) is 5.47. The molecule has 5 aromatic rings. The van der Waals surface area contributed by atoms with Crippen molar-refractivity contribution in [2.45, 2.75) is 0 Å². The molecule has 0 aliphatic heterocycles. The largest absolute Gasteiger partial charge is 0.355 e. The number of aromatic amines is 1. The Morgan fingerprint density at radius 1 is 0.731 bits per heavy atom. The van der Waals surface area contributed by atoms with Gasteiger partial charge in [0, 0.05) is 33.9 Å². The van der Waals surface area contributed by atoms with Crippen molar-refractivity contribution >= 4 is 44.9 Å². The standard InChI is InChI=1S/C24H18N2/c1-26-15-14-18(19-6-3-5-9-24(19)26)12-10-17-11-13-23-21(16-17)20-7-2-4-8-22(20)25-23/h2-16H,1H3/p+1. The quantitative estimate of drug-likeness (QED) is 0.413. The Kier molecular flexibility index (Phi) is 3.36. The summed E-state index contributed by atoms with van der Waals surface area (Å²) < 4.78 is 2.16. The topological polar surface area (TPSA) is 19.7 Å². The SMILES string of the molecule is C[n+]1ccc(/C=C/c2ccc3[nH]c4ccccc4c3c2)c2ccccc21. The zero-order chi connectivity index (χ0) is 17.5. The number of hydrogen-bond acceptors (Lipinski definition) is 0. The van der Waals surface area contributed by atoms with Crippen molar-refractivity contribution in [3.63, 3.8) is 0 Å². The molecule has 0 bridgehead atoms. The van der Waals surface area contributed by atoms with Crippen LogP contribution in [0.1, 0.15) is 11.1 Å². The van der Waals surface area contributed by atoms with Gasteiger partial charge in [-0.1, -0.05) is 48.6 Å². The molecular weight excluding hydrogens is 316 g/mol. The zero-order valence-electron chi connectivity index (χ0n) is 14.6. The first-order valence-electron chi connectivity index (χ1n) is 8.85. The van der Waals surface area contributed by atoms with Gasteiger partial charge in [0.05, 0.1) is 5.39 Å². The van der Waals surface area contributed by atoms with Gasteiger partial charge in [-0.3, -0.25) is 0 Å². The molecule has 0 atom stereocenters. The van der Waals surface area contributed by atoms with E-state index in [4.69, 9.17) is 0 Å². The minimum atomic E-state index is 1.18. The summed E-state index contributed by atoms with van der Waals surface area (Å²) in [4.78, 5) is 3.48. The lowest BCUT2D eigenvalue weighted by Crippen LogP contribution is -2.28. The number of hydrogen-bond donors (Lipinski definition) is 1. The van der Waals surface area contributed by atoms with E-state index >= 15 is 0 Å². The molecule has 0 fully saturated rings. The average molecular weight is 335 g/mol. The minimum absolute atomic E-state index is 1.18. The maximum atomic E-state index is 3.48. The first-order chi connectivity index (χ1) is 12.8. The van der Waals surface area contributed by atoms with Gasteiger partial charge in [0.15, 0.2) is 6.20 Å². The molecule has 0 saturated heterocycles. The summed E-state index contributed by atoms with van der Waals surface area (Å²) in [6, 6.07) is 25.7. The maximum absolute atomic E-state index is 3.48. The van der Waals surface area contributed by atoms with Gasteiger partial charge in [0.1, 0.15) is 7.05 Å². The molecule has 0 amide bonds. The lowest BCUT2D eigenvalue weighted by Gasteiger charge is -2.01. The van der Waals surface area contributed by atoms with Gasteiger partial charge in [0.2, 0.25) is 5.52 Å². The van der Waals surface area contributed by atoms with Crippen LogP contribution in [-0.4, -0.2) is 4.98 Å². The summed E-state index contributed by atoms with van der Waals surface area (Å²) in [6.45, 7) is 0. The van der Waals surface area contributed by atoms with E-state index in [1.807, 2.05) is 0 Å². The molecule has 1 N–H and O–H groups in total. The number of rotatable bonds is 2. The van der Waals surface area contributed by atoms with E-state index in [1.165, 1.54) is 43.8 Å². The second-order valence-corrected chi connectivity index (χ2v) is 6.71. The van der Waals surface area contributed by atoms with Gasteiger partial charge >= 0.3 is 0 Å². The molecule has 0 unspecified atom stereocenters. The molecule has 0 saturated carbocycles. The van der Waals surface area contributed by atoms with Crippen LogP contribution < -0.4 is 4.57 Å². The highest BCUT2D eigenvalue weighted by atomic mass is 14.9. The van der Waals surface area contributed by atoms with Gasteiger partial charge in [0.25, 0.3) is 0 Å². The fourth-order valence-corrected chi connectivity index (χ4v) is 3.69. The zero-order valence-corrected chi connectivity index (χ0v) is 14.6. The number of nitrogens with zero attached hydrogens (tertiary/aromatic N) is 1. The van der Waals surface area contributed by atoms with Crippen molar-refractivity contribution in [2.75, 3.05) is 0 Å². The van der Waals surface area contributed by atoms with Crippen LogP contribution in [0, 0.1) is 0 Å². The number of H-pyrrole nitrogens is 1. The summed E-state index contributed by atoms with van der Waals surface area (Å²) >= 11 is 0. The van der Waals surface area contributed by atoms with Crippen LogP contribution in [0.15, 0.2) is 79.0 Å². The minimum Gasteiger partial charge on any atom is -0.355 e. The van der Waals surface area contributed by atoms with E-state index < -0.39 is 0 Å². The Hall–Kier alpha value is -3.39. The second-order valence-electron chi connectivity index (χ2n) is 6.71. The molecule has 3 aromatic carbocycles. The first-order valence-corrected chi connectivity index (χ1v) is 8.85. The van der Waals surface area contributed by atoms with Crippen molar-refractivity contribution in [3.8, 4) is 0 Å². The highest BCUT2D eigenvalue weighted by molar-refractivity contribution is 6.08. The Bertz CT molecular complexity index is 1290. The lowest BCUT2D eigenvalue weighted by molar-refractivity contribution is -0.644. The summed E-state index contributed by atoms with van der Waals surface area (Å²) in [7, 11) is 2.08. The van der Waals surface area contributed by atoms with E-state index in [-0.39, 0.29) is 0 Å². The molecule has 5 rings (SSSR count). The predicted molar refractivity (Wildman–Crippen MR) is 110 cm³/mol. The summed E-state index contributed by atoms with van der Waals surface area (Å²) in [5.74, 6) is 0. The molecule has 2 nitrogen and oxygen atoms in total. The van der Waals surface area contributed by atoms with E-state index in [9.17, 15) is 0 Å². The third-order valence-corrected chi connectivity index (χ3v) is 5.06. The number of para-hydroxylation sites is 2. The number of fused-ring (bicyclic) bond motifs is 4. The van der Waals surface area contributed by atoms with E-state index in [0.29, 0.717) is 0 Å². The van der Waals surface area contributed by atoms with E-state index in [2.05, 4.69) is 108 Å². The number of aromatic nitrogens is 2. The van der Waals surface area contributed by atoms with Crippen LogP contribution in [0.25, 0.3) is 44.9 Å². The fourth-order valence-electron chi connectivity index (χ4n) is 3.69. The molecule has 2 heterocycles. The Morgan fingerprint density at radius 2 is 1.50 bits per heavy atom. The van der Waals surface area contributed by atoms with Crippen LogP contribution in [0.2, 0.25) is 0 Å². The third kappa shape index (κ3) is 2.39. The molecule has 26 heavy (non-hydrogen) atoms. The van der Waals surface area contributed by atoms with Gasteiger partial charge in [-0.2, -0.15) is 0 Å². The number of nitrogens with one attached hydrogen (secondary N) is 1. The smallest absolute Gasteiger partial charge is 0.212 e. The highest BCUT2D eigenvalue weighted by Gasteiger charge is 2.07. The highest BCUT2D eigenvalue weighted by Crippen LogP contribution is 2.27. The average Bonchev–Trinajstić information content (AvgIpc) is 3.06. The van der Waals surface area contributed by atoms with Gasteiger partial charge in [-0.05, 0) is 35.4 Å². The summed E-state index contributed by atoms with van der Waals surface area (Å²) in [5, 5.41) is 3.81. The molecule has 0 spiro atoms. The summed E-state index contributed by atoms with van der Waals surface area (Å²) in [5.41, 5.74) is 6.05. The lowest BCUT2D eigenvalue weighted by atomic mass is 10.1. The van der Waals surface area contributed by atoms with Crippen LogP contribution in [0.5, 0.6) is 0 Å². The van der Waals surface area contributed by atoms with Crippen molar-refractivity contribution in [1.29, 1.82) is 0 Å². The molecular formula is C24H19N2+. The van der Waals surface area contributed by atoms with Gasteiger partial charge in [-0.25, -0.2) is 4.57 Å². The molecule has 0 aliphatic rings. The summed E-state index contributed by atoms with van der Waals surface area (Å²) in [6.07, 6.45) is 6.52. The normalized spacial score (nSPS) is 11.9. The van der Waals surface area contributed by atoms with Crippen LogP contribution in [-0.2, 0) is 7.05 Å². The fraction of sp³-hybridized carbons (Fsp3) is 0.0417.